The average molecular weight is 715 g/mol. The van der Waals surface area contributed by atoms with Crippen molar-refractivity contribution in [1.29, 1.82) is 0 Å². The van der Waals surface area contributed by atoms with Crippen molar-refractivity contribution >= 4 is 30.0 Å². The van der Waals surface area contributed by atoms with E-state index in [1.165, 1.54) is 147 Å². The first-order valence-electron chi connectivity index (χ1n) is 20.4. The van der Waals surface area contributed by atoms with Gasteiger partial charge in [-0.05, 0) is 36.6 Å². The lowest BCUT2D eigenvalue weighted by atomic mass is 10.0. The van der Waals surface area contributed by atoms with Gasteiger partial charge in [-0.1, -0.05) is 174 Å². The zero-order chi connectivity index (χ0) is 37.4. The van der Waals surface area contributed by atoms with Crippen LogP contribution in [0.3, 0.4) is 0 Å². The molecule has 0 amide bonds. The largest absolute Gasteiger partial charge is 0.504 e. The molecule has 0 unspecified atom stereocenters. The molecule has 0 aliphatic heterocycles. The molecule has 290 valence electrons. The van der Waals surface area contributed by atoms with E-state index in [2.05, 4.69) is 13.8 Å². The van der Waals surface area contributed by atoms with Crippen molar-refractivity contribution in [3.05, 3.63) is 29.3 Å². The minimum Gasteiger partial charge on any atom is -0.504 e. The molecule has 1 aromatic rings. The number of unbranched alkanes of at least 4 members (excludes halogenated alkanes) is 24. The Morgan fingerprint density at radius 3 is 1.20 bits per heavy atom. The Morgan fingerprint density at radius 1 is 0.529 bits per heavy atom. The van der Waals surface area contributed by atoms with E-state index in [-0.39, 0.29) is 24.3 Å². The molecule has 0 saturated carbocycles. The first kappa shape index (κ1) is 45.9. The van der Waals surface area contributed by atoms with E-state index in [1.54, 1.807) is 0 Å². The van der Waals surface area contributed by atoms with Crippen molar-refractivity contribution in [3.8, 4) is 11.5 Å². The molecule has 0 saturated heterocycles. The summed E-state index contributed by atoms with van der Waals surface area (Å²) in [4.78, 5) is 51.1. The van der Waals surface area contributed by atoms with Crippen molar-refractivity contribution in [1.82, 2.24) is 0 Å². The maximum absolute atomic E-state index is 13.0. The molecule has 0 aromatic heterocycles. The van der Waals surface area contributed by atoms with Crippen LogP contribution < -0.4 is 4.74 Å². The van der Waals surface area contributed by atoms with Crippen molar-refractivity contribution in [3.63, 3.8) is 0 Å². The average Bonchev–Trinajstić information content (AvgIpc) is 3.11. The summed E-state index contributed by atoms with van der Waals surface area (Å²) in [7, 11) is 1.37. The molecule has 8 heteroatoms. The third-order valence-electron chi connectivity index (χ3n) is 9.34. The lowest BCUT2D eigenvalue weighted by molar-refractivity contribution is -0.160. The summed E-state index contributed by atoms with van der Waals surface area (Å²) in [5.41, 5.74) is -0.262. The monoisotopic (exact) mass is 715 g/mol. The van der Waals surface area contributed by atoms with Crippen molar-refractivity contribution in [2.75, 3.05) is 7.11 Å². The standard InChI is InChI=1S/C43H70O8/c1-4-6-8-10-12-14-16-18-20-22-24-26-28-30-40(45)50-42(47)37(34-36-32-33-38(44)39(35-36)49-3)43(48)51-41(46)31-29-27-25-23-21-19-17-15-13-11-9-7-5-2/h32-35,44H,4-31H2,1-3H3. The van der Waals surface area contributed by atoms with Gasteiger partial charge in [0.25, 0.3) is 0 Å². The van der Waals surface area contributed by atoms with E-state index >= 15 is 0 Å². The Labute approximate surface area is 309 Å². The molecule has 1 rings (SSSR count). The number of carbonyl (C=O) groups is 4. The zero-order valence-corrected chi connectivity index (χ0v) is 32.4. The fourth-order valence-corrected chi connectivity index (χ4v) is 6.14. The van der Waals surface area contributed by atoms with Gasteiger partial charge in [-0.25, -0.2) is 9.59 Å². The van der Waals surface area contributed by atoms with Gasteiger partial charge in [0.15, 0.2) is 11.5 Å². The predicted octanol–water partition coefficient (Wildman–Crippen LogP) is 11.9. The van der Waals surface area contributed by atoms with Gasteiger partial charge in [-0.2, -0.15) is 0 Å². The lowest BCUT2D eigenvalue weighted by Gasteiger charge is -2.09. The van der Waals surface area contributed by atoms with E-state index in [1.807, 2.05) is 0 Å². The van der Waals surface area contributed by atoms with Crippen LogP contribution in [-0.4, -0.2) is 36.1 Å². The molecule has 8 nitrogen and oxygen atoms in total. The maximum atomic E-state index is 13.0. The van der Waals surface area contributed by atoms with Gasteiger partial charge < -0.3 is 19.3 Å². The second-order valence-electron chi connectivity index (χ2n) is 14.0. The summed E-state index contributed by atoms with van der Waals surface area (Å²) in [5, 5.41) is 9.94. The third-order valence-corrected chi connectivity index (χ3v) is 9.34. The van der Waals surface area contributed by atoms with Crippen molar-refractivity contribution in [2.45, 2.75) is 194 Å². The Kier molecular flexibility index (Phi) is 28.4. The topological polar surface area (TPSA) is 116 Å². The molecule has 1 aromatic carbocycles. The molecule has 0 spiro atoms. The molecule has 0 fully saturated rings. The summed E-state index contributed by atoms with van der Waals surface area (Å²) in [5.74, 6) is -3.82. The SMILES string of the molecule is CCCCCCCCCCCCCCCC(=O)OC(=O)C(=Cc1ccc(O)c(OC)c1)C(=O)OC(=O)CCCCCCCCCCCCCCC. The molecule has 0 bridgehead atoms. The van der Waals surface area contributed by atoms with Crippen LogP contribution in [0.1, 0.15) is 199 Å². The van der Waals surface area contributed by atoms with Crippen LogP contribution in [0.2, 0.25) is 0 Å². The molecule has 0 aliphatic rings. The van der Waals surface area contributed by atoms with Gasteiger partial charge in [0.05, 0.1) is 7.11 Å². The number of benzene rings is 1. The zero-order valence-electron chi connectivity index (χ0n) is 32.4. The van der Waals surface area contributed by atoms with Crippen LogP contribution in [0.5, 0.6) is 11.5 Å². The Bertz CT molecular complexity index is 1070. The number of hydrogen-bond donors (Lipinski definition) is 1. The highest BCUT2D eigenvalue weighted by atomic mass is 16.6. The van der Waals surface area contributed by atoms with Gasteiger partial charge in [0.1, 0.15) is 5.57 Å². The van der Waals surface area contributed by atoms with Crippen molar-refractivity contribution < 1.29 is 38.5 Å². The lowest BCUT2D eigenvalue weighted by Crippen LogP contribution is -2.23. The maximum Gasteiger partial charge on any atom is 0.353 e. The fraction of sp³-hybridized carbons (Fsp3) is 0.721. The molecular weight excluding hydrogens is 644 g/mol. The molecule has 1 N–H and O–H groups in total. The van der Waals surface area contributed by atoms with Gasteiger partial charge in [0, 0.05) is 12.8 Å². The van der Waals surface area contributed by atoms with Gasteiger partial charge in [-0.3, -0.25) is 9.59 Å². The number of phenols is 1. The molecule has 0 radical (unpaired) electrons. The fourth-order valence-electron chi connectivity index (χ4n) is 6.14. The smallest absolute Gasteiger partial charge is 0.353 e. The number of aromatic hydroxyl groups is 1. The number of ether oxygens (including phenoxy) is 3. The first-order chi connectivity index (χ1) is 24.8. The van der Waals surface area contributed by atoms with Crippen LogP contribution in [0.25, 0.3) is 6.08 Å². The normalized spacial score (nSPS) is 10.9. The van der Waals surface area contributed by atoms with Crippen molar-refractivity contribution in [2.24, 2.45) is 0 Å². The van der Waals surface area contributed by atoms with E-state index < -0.39 is 29.5 Å². The molecular formula is C43H70O8. The summed E-state index contributed by atoms with van der Waals surface area (Å²) in [6, 6.07) is 4.22. The number of carbonyl (C=O) groups excluding carboxylic acids is 4. The molecule has 0 atom stereocenters. The summed E-state index contributed by atoms with van der Waals surface area (Å²) < 4.78 is 15.2. The first-order valence-corrected chi connectivity index (χ1v) is 20.4. The summed E-state index contributed by atoms with van der Waals surface area (Å²) in [6.45, 7) is 4.47. The van der Waals surface area contributed by atoms with Crippen LogP contribution in [0.15, 0.2) is 23.8 Å². The van der Waals surface area contributed by atoms with E-state index in [4.69, 9.17) is 14.2 Å². The van der Waals surface area contributed by atoms with Gasteiger partial charge in [0.2, 0.25) is 0 Å². The second-order valence-corrected chi connectivity index (χ2v) is 14.0. The van der Waals surface area contributed by atoms with Crippen LogP contribution in [-0.2, 0) is 28.7 Å². The number of esters is 4. The molecule has 51 heavy (non-hydrogen) atoms. The number of rotatable bonds is 32. The Hall–Kier alpha value is -3.16. The van der Waals surface area contributed by atoms with Gasteiger partial charge in [-0.15, -0.1) is 0 Å². The summed E-state index contributed by atoms with van der Waals surface area (Å²) >= 11 is 0. The number of phenolic OH excluding ortho intramolecular Hbond substituents is 1. The quantitative estimate of drug-likeness (QED) is 0.0258. The molecule has 0 aliphatic carbocycles. The Balaban J connectivity index is 2.47. The third kappa shape index (κ3) is 24.6. The predicted molar refractivity (Wildman–Crippen MR) is 205 cm³/mol. The molecule has 0 heterocycles. The van der Waals surface area contributed by atoms with Crippen LogP contribution in [0, 0.1) is 0 Å². The second kappa shape index (κ2) is 31.6. The van der Waals surface area contributed by atoms with E-state index in [0.29, 0.717) is 18.4 Å². The highest BCUT2D eigenvalue weighted by Crippen LogP contribution is 2.27. The highest BCUT2D eigenvalue weighted by molar-refractivity contribution is 6.21. The minimum atomic E-state index is -1.18. The van der Waals surface area contributed by atoms with Crippen LogP contribution >= 0.6 is 0 Å². The minimum absolute atomic E-state index is 0.0524. The highest BCUT2D eigenvalue weighted by Gasteiger charge is 2.26. The summed E-state index contributed by atoms with van der Waals surface area (Å²) in [6.07, 6.45) is 31.7. The van der Waals surface area contributed by atoms with Gasteiger partial charge >= 0.3 is 23.9 Å². The van der Waals surface area contributed by atoms with Crippen LogP contribution in [0.4, 0.5) is 0 Å². The van der Waals surface area contributed by atoms with E-state index in [9.17, 15) is 24.3 Å². The number of methoxy groups -OCH3 is 1. The number of hydrogen-bond acceptors (Lipinski definition) is 8. The van der Waals surface area contributed by atoms with E-state index in [0.717, 1.165) is 38.5 Å². The Morgan fingerprint density at radius 2 is 0.863 bits per heavy atom.